The zero-order valence-corrected chi connectivity index (χ0v) is 7.36. The van der Waals surface area contributed by atoms with Gasteiger partial charge in [0.05, 0.1) is 7.11 Å². The van der Waals surface area contributed by atoms with Gasteiger partial charge in [-0.15, -0.1) is 0 Å². The van der Waals surface area contributed by atoms with Gasteiger partial charge < -0.3 is 10.1 Å². The molecule has 1 aromatic carbocycles. The second-order valence-electron chi connectivity index (χ2n) is 2.37. The first-order valence-electron chi connectivity index (χ1n) is 3.89. The van der Waals surface area contributed by atoms with E-state index in [1.54, 1.807) is 6.20 Å². The number of anilines is 1. The van der Waals surface area contributed by atoms with Gasteiger partial charge in [0.25, 0.3) is 0 Å². The van der Waals surface area contributed by atoms with Crippen LogP contribution in [0.3, 0.4) is 0 Å². The average Bonchev–Trinajstić information content (AvgIpc) is 2.19. The highest BCUT2D eigenvalue weighted by Gasteiger charge is 1.89. The summed E-state index contributed by atoms with van der Waals surface area (Å²) < 4.78 is 4.42. The molecule has 0 amide bonds. The maximum absolute atomic E-state index is 10.7. The molecule has 3 heteroatoms. The molecule has 0 aliphatic carbocycles. The van der Waals surface area contributed by atoms with Gasteiger partial charge in [-0.3, -0.25) is 0 Å². The number of rotatable bonds is 3. The third-order valence-corrected chi connectivity index (χ3v) is 1.44. The minimum Gasteiger partial charge on any atom is -0.466 e. The van der Waals surface area contributed by atoms with Crippen molar-refractivity contribution in [3.05, 3.63) is 42.6 Å². The number of nitrogens with one attached hydrogen (secondary N) is 1. The van der Waals surface area contributed by atoms with E-state index in [1.165, 1.54) is 13.2 Å². The monoisotopic (exact) mass is 177 g/mol. The van der Waals surface area contributed by atoms with E-state index in [2.05, 4.69) is 10.1 Å². The van der Waals surface area contributed by atoms with Crippen LogP contribution < -0.4 is 5.32 Å². The summed E-state index contributed by atoms with van der Waals surface area (Å²) in [7, 11) is 1.34. The number of ether oxygens (including phenoxy) is 1. The number of benzene rings is 1. The van der Waals surface area contributed by atoms with Crippen molar-refractivity contribution in [3.8, 4) is 0 Å². The summed E-state index contributed by atoms with van der Waals surface area (Å²) in [6, 6.07) is 9.56. The Labute approximate surface area is 77.0 Å². The van der Waals surface area contributed by atoms with E-state index in [9.17, 15) is 4.79 Å². The minimum absolute atomic E-state index is 0.372. The molecule has 0 atom stereocenters. The third kappa shape index (κ3) is 3.42. The number of carbonyl (C=O) groups is 1. The quantitative estimate of drug-likeness (QED) is 0.565. The topological polar surface area (TPSA) is 38.3 Å². The molecule has 0 radical (unpaired) electrons. The van der Waals surface area contributed by atoms with Crippen molar-refractivity contribution >= 4 is 11.7 Å². The molecular formula is C10H11NO2. The fourth-order valence-corrected chi connectivity index (χ4v) is 0.808. The first-order chi connectivity index (χ1) is 6.33. The van der Waals surface area contributed by atoms with Crippen LogP contribution in [0.1, 0.15) is 0 Å². The Morgan fingerprint density at radius 3 is 2.69 bits per heavy atom. The molecule has 0 aliphatic rings. The SMILES string of the molecule is COC(=O)C=CNc1ccccc1. The smallest absolute Gasteiger partial charge is 0.331 e. The van der Waals surface area contributed by atoms with E-state index in [1.807, 2.05) is 30.3 Å². The van der Waals surface area contributed by atoms with Gasteiger partial charge in [-0.05, 0) is 12.1 Å². The van der Waals surface area contributed by atoms with E-state index in [0.717, 1.165) is 5.69 Å². The molecule has 0 spiro atoms. The lowest BCUT2D eigenvalue weighted by Gasteiger charge is -1.97. The van der Waals surface area contributed by atoms with Crippen LogP contribution in [0.2, 0.25) is 0 Å². The Bertz CT molecular complexity index is 293. The van der Waals surface area contributed by atoms with Crippen LogP contribution in [-0.2, 0) is 9.53 Å². The first kappa shape index (κ1) is 9.32. The van der Waals surface area contributed by atoms with Gasteiger partial charge in [-0.2, -0.15) is 0 Å². The Kier molecular flexibility index (Phi) is 3.57. The third-order valence-electron chi connectivity index (χ3n) is 1.44. The summed E-state index contributed by atoms with van der Waals surface area (Å²) in [6.07, 6.45) is 2.87. The molecule has 0 aromatic heterocycles. The molecule has 68 valence electrons. The van der Waals surface area contributed by atoms with Gasteiger partial charge in [0, 0.05) is 18.0 Å². The lowest BCUT2D eigenvalue weighted by atomic mass is 10.3. The fourth-order valence-electron chi connectivity index (χ4n) is 0.808. The summed E-state index contributed by atoms with van der Waals surface area (Å²) in [5, 5.41) is 2.93. The average molecular weight is 177 g/mol. The van der Waals surface area contributed by atoms with Gasteiger partial charge in [-0.25, -0.2) is 4.79 Å². The van der Waals surface area contributed by atoms with Gasteiger partial charge in [0.1, 0.15) is 0 Å². The molecule has 0 fully saturated rings. The second-order valence-corrected chi connectivity index (χ2v) is 2.37. The van der Waals surface area contributed by atoms with E-state index >= 15 is 0 Å². The Balaban J connectivity index is 2.44. The fraction of sp³-hybridized carbons (Fsp3) is 0.100. The largest absolute Gasteiger partial charge is 0.466 e. The molecule has 3 nitrogen and oxygen atoms in total. The van der Waals surface area contributed by atoms with Crippen LogP contribution in [0.15, 0.2) is 42.6 Å². The van der Waals surface area contributed by atoms with Crippen molar-refractivity contribution in [3.63, 3.8) is 0 Å². The summed E-state index contributed by atoms with van der Waals surface area (Å²) in [5.74, 6) is -0.372. The van der Waals surface area contributed by atoms with Crippen molar-refractivity contribution in [2.45, 2.75) is 0 Å². The van der Waals surface area contributed by atoms with Crippen LogP contribution in [0.4, 0.5) is 5.69 Å². The van der Waals surface area contributed by atoms with Crippen LogP contribution in [0, 0.1) is 0 Å². The molecule has 0 saturated carbocycles. The molecule has 13 heavy (non-hydrogen) atoms. The van der Waals surface area contributed by atoms with Gasteiger partial charge in [0.15, 0.2) is 0 Å². The molecule has 0 unspecified atom stereocenters. The second kappa shape index (κ2) is 4.98. The number of para-hydroxylation sites is 1. The summed E-state index contributed by atoms with van der Waals surface area (Å²) in [5.41, 5.74) is 0.933. The Morgan fingerprint density at radius 2 is 2.08 bits per heavy atom. The molecule has 0 heterocycles. The van der Waals surface area contributed by atoms with Crippen molar-refractivity contribution in [1.82, 2.24) is 0 Å². The van der Waals surface area contributed by atoms with Crippen LogP contribution in [-0.4, -0.2) is 13.1 Å². The zero-order chi connectivity index (χ0) is 9.52. The minimum atomic E-state index is -0.372. The van der Waals surface area contributed by atoms with E-state index in [4.69, 9.17) is 0 Å². The van der Waals surface area contributed by atoms with Crippen molar-refractivity contribution < 1.29 is 9.53 Å². The van der Waals surface area contributed by atoms with E-state index < -0.39 is 0 Å². The standard InChI is InChI=1S/C10H11NO2/c1-13-10(12)7-8-11-9-5-3-2-4-6-9/h2-8,11H,1H3. The predicted octanol–water partition coefficient (Wildman–Crippen LogP) is 1.79. The van der Waals surface area contributed by atoms with Crippen LogP contribution in [0.5, 0.6) is 0 Å². The highest BCUT2D eigenvalue weighted by Crippen LogP contribution is 2.03. The van der Waals surface area contributed by atoms with Gasteiger partial charge in [0.2, 0.25) is 0 Å². The Hall–Kier alpha value is -1.77. The molecule has 0 saturated heterocycles. The molecule has 0 bridgehead atoms. The predicted molar refractivity (Wildman–Crippen MR) is 51.2 cm³/mol. The lowest BCUT2D eigenvalue weighted by Crippen LogP contribution is -1.96. The normalized spacial score (nSPS) is 9.92. The highest BCUT2D eigenvalue weighted by atomic mass is 16.5. The van der Waals surface area contributed by atoms with Crippen molar-refractivity contribution in [2.75, 3.05) is 12.4 Å². The highest BCUT2D eigenvalue weighted by molar-refractivity contribution is 5.82. The maximum Gasteiger partial charge on any atom is 0.331 e. The molecular weight excluding hydrogens is 166 g/mol. The molecule has 1 rings (SSSR count). The van der Waals surface area contributed by atoms with Crippen LogP contribution in [0.25, 0.3) is 0 Å². The summed E-state index contributed by atoms with van der Waals surface area (Å²) >= 11 is 0. The zero-order valence-electron chi connectivity index (χ0n) is 7.36. The summed E-state index contributed by atoms with van der Waals surface area (Å²) in [4.78, 5) is 10.7. The van der Waals surface area contributed by atoms with Gasteiger partial charge in [-0.1, -0.05) is 18.2 Å². The summed E-state index contributed by atoms with van der Waals surface area (Å²) in [6.45, 7) is 0. The number of carbonyl (C=O) groups excluding carboxylic acids is 1. The first-order valence-corrected chi connectivity index (χ1v) is 3.89. The molecule has 1 N–H and O–H groups in total. The van der Waals surface area contributed by atoms with E-state index in [-0.39, 0.29) is 5.97 Å². The number of hydrogen-bond donors (Lipinski definition) is 1. The Morgan fingerprint density at radius 1 is 1.38 bits per heavy atom. The lowest BCUT2D eigenvalue weighted by molar-refractivity contribution is -0.134. The van der Waals surface area contributed by atoms with E-state index in [0.29, 0.717) is 0 Å². The maximum atomic E-state index is 10.7. The molecule has 1 aromatic rings. The molecule has 0 aliphatic heterocycles. The van der Waals surface area contributed by atoms with Crippen LogP contribution >= 0.6 is 0 Å². The number of methoxy groups -OCH3 is 1. The number of hydrogen-bond acceptors (Lipinski definition) is 3. The van der Waals surface area contributed by atoms with Crippen molar-refractivity contribution in [1.29, 1.82) is 0 Å². The van der Waals surface area contributed by atoms with Gasteiger partial charge >= 0.3 is 5.97 Å². The number of esters is 1. The van der Waals surface area contributed by atoms with Crippen molar-refractivity contribution in [2.24, 2.45) is 0 Å².